The largest absolute Gasteiger partial charge is 0.368 e. The Morgan fingerprint density at radius 3 is 2.76 bits per heavy atom. The number of fused-ring (bicyclic) bond motifs is 1. The van der Waals surface area contributed by atoms with Gasteiger partial charge in [-0.05, 0) is 30.7 Å². The van der Waals surface area contributed by atoms with Crippen LogP contribution in [0.4, 0.5) is 10.2 Å². The minimum absolute atomic E-state index is 0.305. The predicted octanol–water partition coefficient (Wildman–Crippen LogP) is 2.99. The molecule has 1 aromatic carbocycles. The number of carbonyl (C=O) groups is 1. The third-order valence-corrected chi connectivity index (χ3v) is 4.01. The molecule has 2 aromatic heterocycles. The van der Waals surface area contributed by atoms with Gasteiger partial charge in [-0.1, -0.05) is 19.8 Å². The number of hydrogen-bond donors (Lipinski definition) is 2. The predicted molar refractivity (Wildman–Crippen MR) is 94.5 cm³/mol. The molecule has 2 heterocycles. The molecule has 0 spiro atoms. The molecule has 0 fully saturated rings. The summed E-state index contributed by atoms with van der Waals surface area (Å²) in [5.74, 6) is -0.0935. The normalized spacial score (nSPS) is 12.2. The number of halogens is 1. The van der Waals surface area contributed by atoms with Gasteiger partial charge >= 0.3 is 0 Å². The van der Waals surface area contributed by atoms with Gasteiger partial charge < -0.3 is 11.1 Å². The first kappa shape index (κ1) is 16.9. The first-order valence-electron chi connectivity index (χ1n) is 8.25. The van der Waals surface area contributed by atoms with E-state index in [0.29, 0.717) is 23.6 Å². The van der Waals surface area contributed by atoms with Crippen molar-refractivity contribution >= 4 is 17.4 Å². The van der Waals surface area contributed by atoms with Crippen molar-refractivity contribution in [1.29, 1.82) is 0 Å². The van der Waals surface area contributed by atoms with E-state index in [1.54, 1.807) is 35.0 Å². The summed E-state index contributed by atoms with van der Waals surface area (Å²) in [4.78, 5) is 16.3. The number of carbonyl (C=O) groups excluding carboxylic acids is 1. The lowest BCUT2D eigenvalue weighted by Crippen LogP contribution is -2.36. The van der Waals surface area contributed by atoms with Crippen molar-refractivity contribution < 1.29 is 9.18 Å². The van der Waals surface area contributed by atoms with Crippen LogP contribution in [0.25, 0.3) is 16.9 Å². The minimum atomic E-state index is -0.490. The molecule has 0 saturated heterocycles. The zero-order chi connectivity index (χ0) is 17.8. The van der Waals surface area contributed by atoms with Crippen molar-refractivity contribution in [2.75, 3.05) is 5.32 Å². The number of aromatic nitrogens is 3. The van der Waals surface area contributed by atoms with E-state index >= 15 is 0 Å². The Balaban J connectivity index is 2.00. The van der Waals surface area contributed by atoms with E-state index < -0.39 is 11.9 Å². The van der Waals surface area contributed by atoms with Crippen molar-refractivity contribution in [3.8, 4) is 11.3 Å². The lowest BCUT2D eigenvalue weighted by molar-refractivity contribution is -0.118. The molecule has 3 rings (SSSR count). The Morgan fingerprint density at radius 1 is 1.32 bits per heavy atom. The fourth-order valence-corrected chi connectivity index (χ4v) is 2.66. The number of nitrogens with two attached hydrogens (primary N) is 1. The van der Waals surface area contributed by atoms with Crippen LogP contribution in [0.15, 0.2) is 42.6 Å². The maximum Gasteiger partial charge on any atom is 0.239 e. The Morgan fingerprint density at radius 2 is 2.08 bits per heavy atom. The highest BCUT2D eigenvalue weighted by atomic mass is 19.1. The summed E-state index contributed by atoms with van der Waals surface area (Å²) < 4.78 is 14.8. The zero-order valence-electron chi connectivity index (χ0n) is 13.9. The van der Waals surface area contributed by atoms with E-state index in [1.165, 1.54) is 12.1 Å². The summed E-state index contributed by atoms with van der Waals surface area (Å²) >= 11 is 0. The van der Waals surface area contributed by atoms with Crippen LogP contribution >= 0.6 is 0 Å². The van der Waals surface area contributed by atoms with Crippen molar-refractivity contribution in [3.05, 3.63) is 48.4 Å². The van der Waals surface area contributed by atoms with E-state index in [2.05, 4.69) is 22.3 Å². The van der Waals surface area contributed by atoms with Crippen molar-refractivity contribution in [3.63, 3.8) is 0 Å². The Bertz CT molecular complexity index is 875. The highest BCUT2D eigenvalue weighted by Gasteiger charge is 2.17. The van der Waals surface area contributed by atoms with E-state index in [-0.39, 0.29) is 5.82 Å². The topological polar surface area (TPSA) is 85.3 Å². The molecule has 0 saturated carbocycles. The van der Waals surface area contributed by atoms with Gasteiger partial charge in [-0.3, -0.25) is 4.79 Å². The van der Waals surface area contributed by atoms with Crippen LogP contribution in [0.1, 0.15) is 26.2 Å². The molecule has 0 aliphatic rings. The third-order valence-electron chi connectivity index (χ3n) is 4.01. The van der Waals surface area contributed by atoms with Crippen LogP contribution in [0, 0.1) is 5.82 Å². The Hall–Kier alpha value is -2.96. The van der Waals surface area contributed by atoms with Crippen LogP contribution in [0.5, 0.6) is 0 Å². The molecule has 1 unspecified atom stereocenters. The number of nitrogens with one attached hydrogen (secondary N) is 1. The molecule has 0 aliphatic heterocycles. The number of unbranched alkanes of at least 4 members (excludes halogenated alkanes) is 1. The summed E-state index contributed by atoms with van der Waals surface area (Å²) in [6.07, 6.45) is 4.13. The van der Waals surface area contributed by atoms with Gasteiger partial charge in [0, 0.05) is 17.7 Å². The molecular formula is C18H20FN5O. The van der Waals surface area contributed by atoms with E-state index in [1.807, 2.05) is 0 Å². The first-order chi connectivity index (χ1) is 12.1. The summed E-state index contributed by atoms with van der Waals surface area (Å²) in [6.45, 7) is 2.06. The standard InChI is InChI=1S/C18H20FN5O/c1-2-3-4-14(18(20)25)22-17-11-15(12-5-7-13(19)8-6-12)23-16-9-10-21-24(16)17/h5-11,14,22H,2-4H2,1H3,(H2,20,25). The average molecular weight is 341 g/mol. The third kappa shape index (κ3) is 3.76. The number of nitrogens with zero attached hydrogens (tertiary/aromatic N) is 3. The fraction of sp³-hybridized carbons (Fsp3) is 0.278. The second-order valence-electron chi connectivity index (χ2n) is 5.88. The second kappa shape index (κ2) is 7.29. The number of amides is 1. The van der Waals surface area contributed by atoms with Gasteiger partial charge in [0.15, 0.2) is 5.65 Å². The van der Waals surface area contributed by atoms with Gasteiger partial charge in [0.1, 0.15) is 17.7 Å². The minimum Gasteiger partial charge on any atom is -0.368 e. The van der Waals surface area contributed by atoms with Crippen LogP contribution in [0.2, 0.25) is 0 Å². The Labute approximate surface area is 144 Å². The van der Waals surface area contributed by atoms with Crippen molar-refractivity contribution in [1.82, 2.24) is 14.6 Å². The zero-order valence-corrected chi connectivity index (χ0v) is 13.9. The molecule has 3 N–H and O–H groups in total. The van der Waals surface area contributed by atoms with Crippen LogP contribution in [-0.2, 0) is 4.79 Å². The van der Waals surface area contributed by atoms with Crippen LogP contribution in [0.3, 0.4) is 0 Å². The molecule has 0 bridgehead atoms. The fourth-order valence-electron chi connectivity index (χ4n) is 2.66. The number of rotatable bonds is 7. The lowest BCUT2D eigenvalue weighted by atomic mass is 10.1. The number of anilines is 1. The first-order valence-corrected chi connectivity index (χ1v) is 8.25. The van der Waals surface area contributed by atoms with Gasteiger partial charge in [-0.15, -0.1) is 0 Å². The summed E-state index contributed by atoms with van der Waals surface area (Å²) in [6, 6.07) is 9.17. The molecule has 25 heavy (non-hydrogen) atoms. The van der Waals surface area contributed by atoms with E-state index in [9.17, 15) is 9.18 Å². The second-order valence-corrected chi connectivity index (χ2v) is 5.88. The molecule has 1 amide bonds. The van der Waals surface area contributed by atoms with Crippen molar-refractivity contribution in [2.45, 2.75) is 32.2 Å². The van der Waals surface area contributed by atoms with Crippen LogP contribution < -0.4 is 11.1 Å². The van der Waals surface area contributed by atoms with Crippen molar-refractivity contribution in [2.24, 2.45) is 5.73 Å². The number of benzene rings is 1. The molecule has 0 aliphatic carbocycles. The van der Waals surface area contributed by atoms with Gasteiger partial charge in [0.2, 0.25) is 5.91 Å². The maximum absolute atomic E-state index is 13.2. The summed E-state index contributed by atoms with van der Waals surface area (Å²) in [5, 5.41) is 7.42. The van der Waals surface area contributed by atoms with Gasteiger partial charge in [-0.25, -0.2) is 9.37 Å². The molecule has 3 aromatic rings. The molecular weight excluding hydrogens is 321 g/mol. The van der Waals surface area contributed by atoms with Gasteiger partial charge in [-0.2, -0.15) is 9.61 Å². The van der Waals surface area contributed by atoms with Gasteiger partial charge in [0.25, 0.3) is 0 Å². The quantitative estimate of drug-likeness (QED) is 0.692. The summed E-state index contributed by atoms with van der Waals surface area (Å²) in [7, 11) is 0. The van der Waals surface area contributed by atoms with E-state index in [0.717, 1.165) is 18.4 Å². The highest BCUT2D eigenvalue weighted by molar-refractivity contribution is 5.83. The van der Waals surface area contributed by atoms with Crippen LogP contribution in [-0.4, -0.2) is 26.5 Å². The summed E-state index contributed by atoms with van der Waals surface area (Å²) in [5.41, 5.74) is 7.59. The molecule has 1 atom stereocenters. The number of primary amides is 1. The number of hydrogen-bond acceptors (Lipinski definition) is 4. The Kier molecular flexibility index (Phi) is 4.92. The maximum atomic E-state index is 13.2. The van der Waals surface area contributed by atoms with E-state index in [4.69, 9.17) is 5.73 Å². The molecule has 7 heteroatoms. The smallest absolute Gasteiger partial charge is 0.239 e. The SMILES string of the molecule is CCCCC(Nc1cc(-c2ccc(F)cc2)nc2ccnn12)C(N)=O. The monoisotopic (exact) mass is 341 g/mol. The lowest BCUT2D eigenvalue weighted by Gasteiger charge is -2.17. The molecule has 130 valence electrons. The van der Waals surface area contributed by atoms with Gasteiger partial charge in [0.05, 0.1) is 11.9 Å². The average Bonchev–Trinajstić information content (AvgIpc) is 3.07. The molecule has 0 radical (unpaired) electrons. The molecule has 6 nitrogen and oxygen atoms in total. The highest BCUT2D eigenvalue weighted by Crippen LogP contribution is 2.23.